The first-order valence-corrected chi connectivity index (χ1v) is 12.6. The lowest BCUT2D eigenvalue weighted by Crippen LogP contribution is -2.39. The van der Waals surface area contributed by atoms with Gasteiger partial charge in [-0.25, -0.2) is 8.42 Å². The van der Waals surface area contributed by atoms with Crippen LogP contribution in [0.3, 0.4) is 0 Å². The quantitative estimate of drug-likeness (QED) is 0.682. The Morgan fingerprint density at radius 1 is 1.10 bits per heavy atom. The molecule has 2 aliphatic heterocycles. The summed E-state index contributed by atoms with van der Waals surface area (Å²) in [6.45, 7) is 0.641. The van der Waals surface area contributed by atoms with Crippen LogP contribution in [0.15, 0.2) is 59.6 Å². The maximum Gasteiger partial charge on any atom is 0.252 e. The molecule has 2 heterocycles. The van der Waals surface area contributed by atoms with Crippen LogP contribution in [0.25, 0.3) is 0 Å². The number of fused-ring (bicyclic) bond motifs is 1. The number of sulfone groups is 1. The molecule has 0 aliphatic carbocycles. The van der Waals surface area contributed by atoms with E-state index in [1.165, 1.54) is 17.3 Å². The maximum atomic E-state index is 12.6. The summed E-state index contributed by atoms with van der Waals surface area (Å²) in [6.07, 6.45) is 0.977. The van der Waals surface area contributed by atoms with E-state index in [1.54, 1.807) is 7.11 Å². The topological polar surface area (TPSA) is 76.0 Å². The summed E-state index contributed by atoms with van der Waals surface area (Å²) in [5.41, 5.74) is 2.04. The standard InChI is InChI=1S/C22H24N2O4S2/c1-28-18-9-7-17(8-10-18)13-21(25)23-22-24(12-11-16-5-3-2-4-6-16)19-14-30(26,27)15-20(19)29-22/h2-10,19-20H,11-15H2,1H3/t19-,20-/m1/s1. The number of hydrogen-bond acceptors (Lipinski definition) is 5. The van der Waals surface area contributed by atoms with E-state index < -0.39 is 9.84 Å². The molecule has 0 saturated carbocycles. The first-order valence-electron chi connectivity index (χ1n) is 9.85. The van der Waals surface area contributed by atoms with E-state index >= 15 is 0 Å². The summed E-state index contributed by atoms with van der Waals surface area (Å²) in [6, 6.07) is 17.3. The van der Waals surface area contributed by atoms with Crippen LogP contribution < -0.4 is 4.74 Å². The Morgan fingerprint density at radius 3 is 2.53 bits per heavy atom. The minimum atomic E-state index is -3.04. The molecule has 0 aromatic heterocycles. The number of hydrogen-bond donors (Lipinski definition) is 0. The van der Waals surface area contributed by atoms with Gasteiger partial charge in [0.25, 0.3) is 5.91 Å². The van der Waals surface area contributed by atoms with Gasteiger partial charge >= 0.3 is 0 Å². The highest BCUT2D eigenvalue weighted by molar-refractivity contribution is 8.15. The Morgan fingerprint density at radius 2 is 1.83 bits per heavy atom. The molecule has 0 radical (unpaired) electrons. The predicted octanol–water partition coefficient (Wildman–Crippen LogP) is 2.58. The summed E-state index contributed by atoms with van der Waals surface area (Å²) in [4.78, 5) is 19.0. The van der Waals surface area contributed by atoms with Gasteiger partial charge in [0.15, 0.2) is 15.0 Å². The molecule has 6 nitrogen and oxygen atoms in total. The van der Waals surface area contributed by atoms with E-state index in [0.717, 1.165) is 17.7 Å². The molecule has 0 bridgehead atoms. The van der Waals surface area contributed by atoms with Crippen molar-refractivity contribution in [2.75, 3.05) is 25.2 Å². The van der Waals surface area contributed by atoms with Crippen molar-refractivity contribution in [2.24, 2.45) is 4.99 Å². The second kappa shape index (κ2) is 8.81. The SMILES string of the molecule is COc1ccc(CC(=O)N=C2S[C@@H]3CS(=O)(=O)C[C@H]3N2CCc2ccccc2)cc1. The van der Waals surface area contributed by atoms with Gasteiger partial charge in [0.05, 0.1) is 31.1 Å². The molecule has 2 atom stereocenters. The van der Waals surface area contributed by atoms with Crippen molar-refractivity contribution < 1.29 is 17.9 Å². The van der Waals surface area contributed by atoms with Crippen LogP contribution in [0.5, 0.6) is 5.75 Å². The molecule has 0 spiro atoms. The number of ether oxygens (including phenoxy) is 1. The molecular formula is C22H24N2O4S2. The summed E-state index contributed by atoms with van der Waals surface area (Å²) in [5.74, 6) is 0.793. The van der Waals surface area contributed by atoms with Crippen molar-refractivity contribution in [3.8, 4) is 5.75 Å². The molecule has 4 rings (SSSR count). The summed E-state index contributed by atoms with van der Waals surface area (Å²) >= 11 is 1.43. The van der Waals surface area contributed by atoms with Crippen molar-refractivity contribution in [3.63, 3.8) is 0 Å². The largest absolute Gasteiger partial charge is 0.497 e. The zero-order valence-corrected chi connectivity index (χ0v) is 18.4. The molecule has 0 N–H and O–H groups in total. The highest BCUT2D eigenvalue weighted by Crippen LogP contribution is 2.38. The van der Waals surface area contributed by atoms with Gasteiger partial charge in [-0.1, -0.05) is 54.2 Å². The van der Waals surface area contributed by atoms with Gasteiger partial charge in [0.2, 0.25) is 0 Å². The lowest BCUT2D eigenvalue weighted by Gasteiger charge is -2.24. The number of aliphatic imine (C=N–C) groups is 1. The number of amidine groups is 1. The fourth-order valence-corrected chi connectivity index (χ4v) is 7.85. The summed E-state index contributed by atoms with van der Waals surface area (Å²) < 4.78 is 29.4. The van der Waals surface area contributed by atoms with Crippen LogP contribution in [0, 0.1) is 0 Å². The van der Waals surface area contributed by atoms with Gasteiger partial charge < -0.3 is 9.64 Å². The Labute approximate surface area is 181 Å². The number of amides is 1. The highest BCUT2D eigenvalue weighted by Gasteiger charge is 2.48. The lowest BCUT2D eigenvalue weighted by molar-refractivity contribution is -0.117. The third-order valence-corrected chi connectivity index (χ3v) is 8.64. The van der Waals surface area contributed by atoms with Gasteiger partial charge in [-0.05, 0) is 29.7 Å². The monoisotopic (exact) mass is 444 g/mol. The minimum Gasteiger partial charge on any atom is -0.497 e. The number of benzene rings is 2. The zero-order valence-electron chi connectivity index (χ0n) is 16.7. The minimum absolute atomic E-state index is 0.0571. The molecule has 1 amide bonds. The Bertz CT molecular complexity index is 1040. The van der Waals surface area contributed by atoms with Crippen LogP contribution in [0.4, 0.5) is 0 Å². The van der Waals surface area contributed by atoms with Gasteiger partial charge in [-0.15, -0.1) is 0 Å². The van der Waals surface area contributed by atoms with E-state index in [9.17, 15) is 13.2 Å². The molecule has 30 heavy (non-hydrogen) atoms. The number of nitrogens with zero attached hydrogens (tertiary/aromatic N) is 2. The average Bonchev–Trinajstić information content (AvgIpc) is 3.18. The third kappa shape index (κ3) is 4.87. The van der Waals surface area contributed by atoms with Crippen molar-refractivity contribution in [1.29, 1.82) is 0 Å². The first kappa shape index (κ1) is 20.9. The molecule has 2 aliphatic rings. The van der Waals surface area contributed by atoms with E-state index in [0.29, 0.717) is 11.7 Å². The molecular weight excluding hydrogens is 420 g/mol. The van der Waals surface area contributed by atoms with Crippen LogP contribution >= 0.6 is 11.8 Å². The number of carbonyl (C=O) groups excluding carboxylic acids is 1. The third-order valence-electron chi connectivity index (χ3n) is 5.39. The molecule has 2 fully saturated rings. The maximum absolute atomic E-state index is 12.6. The van der Waals surface area contributed by atoms with Crippen LogP contribution in [-0.2, 0) is 27.5 Å². The summed E-state index contributed by atoms with van der Waals surface area (Å²) in [7, 11) is -1.44. The molecule has 0 unspecified atom stereocenters. The van der Waals surface area contributed by atoms with E-state index in [4.69, 9.17) is 4.74 Å². The predicted molar refractivity (Wildman–Crippen MR) is 120 cm³/mol. The van der Waals surface area contributed by atoms with Crippen molar-refractivity contribution in [1.82, 2.24) is 4.90 Å². The van der Waals surface area contributed by atoms with Gasteiger partial charge in [-0.3, -0.25) is 4.79 Å². The number of thioether (sulfide) groups is 1. The molecule has 8 heteroatoms. The van der Waals surface area contributed by atoms with E-state index in [1.807, 2.05) is 47.4 Å². The van der Waals surface area contributed by atoms with Crippen LogP contribution in [0.2, 0.25) is 0 Å². The normalized spacial score (nSPS) is 23.5. The Hall–Kier alpha value is -2.32. The Kier molecular flexibility index (Phi) is 6.15. The Balaban J connectivity index is 1.49. The molecule has 2 aromatic rings. The lowest BCUT2D eigenvalue weighted by atomic mass is 10.1. The smallest absolute Gasteiger partial charge is 0.252 e. The fourth-order valence-electron chi connectivity index (χ4n) is 3.86. The first-order chi connectivity index (χ1) is 14.4. The van der Waals surface area contributed by atoms with E-state index in [-0.39, 0.29) is 35.1 Å². The highest BCUT2D eigenvalue weighted by atomic mass is 32.2. The van der Waals surface area contributed by atoms with Crippen molar-refractivity contribution in [3.05, 3.63) is 65.7 Å². The van der Waals surface area contributed by atoms with Gasteiger partial charge in [0, 0.05) is 11.8 Å². The molecule has 2 saturated heterocycles. The molecule has 2 aromatic carbocycles. The van der Waals surface area contributed by atoms with Crippen molar-refractivity contribution in [2.45, 2.75) is 24.1 Å². The second-order valence-corrected chi connectivity index (χ2v) is 10.9. The number of methoxy groups -OCH3 is 1. The van der Waals surface area contributed by atoms with Crippen molar-refractivity contribution >= 4 is 32.7 Å². The zero-order chi connectivity index (χ0) is 21.1. The van der Waals surface area contributed by atoms with Crippen LogP contribution in [-0.4, -0.2) is 60.8 Å². The van der Waals surface area contributed by atoms with E-state index in [2.05, 4.69) is 17.1 Å². The number of rotatable bonds is 6. The average molecular weight is 445 g/mol. The summed E-state index contributed by atoms with van der Waals surface area (Å²) in [5, 5.41) is 0.590. The van der Waals surface area contributed by atoms with Crippen LogP contribution in [0.1, 0.15) is 11.1 Å². The van der Waals surface area contributed by atoms with Gasteiger partial charge in [-0.2, -0.15) is 4.99 Å². The molecule has 158 valence electrons. The fraction of sp³-hybridized carbons (Fsp3) is 0.364. The second-order valence-electron chi connectivity index (χ2n) is 7.54. The number of carbonyl (C=O) groups is 1. The van der Waals surface area contributed by atoms with Gasteiger partial charge in [0.1, 0.15) is 5.75 Å².